The Morgan fingerprint density at radius 3 is 2.26 bits per heavy atom. The van der Waals surface area contributed by atoms with Crippen molar-refractivity contribution in [3.8, 4) is 0 Å². The quantitative estimate of drug-likeness (QED) is 0.510. The number of hydrogen-bond acceptors (Lipinski definition) is 8. The summed E-state index contributed by atoms with van der Waals surface area (Å²) in [5.74, 6) is -5.51. The van der Waals surface area contributed by atoms with Crippen molar-refractivity contribution in [2.24, 2.45) is 0 Å². The summed E-state index contributed by atoms with van der Waals surface area (Å²) < 4.78 is 75.7. The standard InChI is InChI=1S/C18H23N3O2S.2C2HF3O2/c1-13-20-15(12-24-13)11-23-17-10-21(9-14-5-2-3-7-19-14)16-6-4-8-22-18(16)17;2*3-2(4,5)1(6)7/h2-3,5,7,12,16-18H,4,6,8-11H2,1H3;2*(H,6,7)/t16-,17+,18+;;/m1../s1. The fourth-order valence-electron chi connectivity index (χ4n) is 3.70. The van der Waals surface area contributed by atoms with Crippen LogP contribution < -0.4 is 0 Å². The van der Waals surface area contributed by atoms with Gasteiger partial charge in [-0.3, -0.25) is 9.88 Å². The number of likely N-dealkylation sites (tertiary alicyclic amines) is 1. The van der Waals surface area contributed by atoms with Crippen molar-refractivity contribution < 1.29 is 55.6 Å². The number of hydrogen-bond donors (Lipinski definition) is 2. The van der Waals surface area contributed by atoms with Crippen molar-refractivity contribution in [2.75, 3.05) is 13.2 Å². The normalized spacial score (nSPS) is 21.4. The van der Waals surface area contributed by atoms with E-state index < -0.39 is 24.3 Å². The van der Waals surface area contributed by atoms with E-state index in [0.717, 1.165) is 42.5 Å². The smallest absolute Gasteiger partial charge is 0.475 e. The molecule has 0 aliphatic carbocycles. The van der Waals surface area contributed by atoms with Crippen LogP contribution in [0.3, 0.4) is 0 Å². The third kappa shape index (κ3) is 10.2. The zero-order valence-electron chi connectivity index (χ0n) is 19.9. The molecule has 0 saturated carbocycles. The van der Waals surface area contributed by atoms with Crippen molar-refractivity contribution in [1.82, 2.24) is 14.9 Å². The van der Waals surface area contributed by atoms with E-state index in [1.54, 1.807) is 11.3 Å². The van der Waals surface area contributed by atoms with E-state index in [9.17, 15) is 26.3 Å². The topological polar surface area (TPSA) is 122 Å². The summed E-state index contributed by atoms with van der Waals surface area (Å²) in [4.78, 5) is 29.2. The van der Waals surface area contributed by atoms with Gasteiger partial charge < -0.3 is 19.7 Å². The molecule has 4 heterocycles. The number of pyridine rings is 1. The maximum atomic E-state index is 10.6. The fourth-order valence-corrected chi connectivity index (χ4v) is 4.30. The molecule has 2 aromatic rings. The van der Waals surface area contributed by atoms with Crippen molar-refractivity contribution in [3.05, 3.63) is 46.2 Å². The Bertz CT molecular complexity index is 1010. The average Bonchev–Trinajstić information content (AvgIpc) is 3.41. The Labute approximate surface area is 217 Å². The molecule has 2 N–H and O–H groups in total. The molecule has 38 heavy (non-hydrogen) atoms. The second kappa shape index (κ2) is 13.8. The van der Waals surface area contributed by atoms with Crippen LogP contribution in [-0.2, 0) is 32.2 Å². The highest BCUT2D eigenvalue weighted by molar-refractivity contribution is 7.09. The molecule has 3 atom stereocenters. The van der Waals surface area contributed by atoms with E-state index in [1.807, 2.05) is 25.3 Å². The monoisotopic (exact) mass is 573 g/mol. The first-order valence-electron chi connectivity index (χ1n) is 11.1. The second-order valence-electron chi connectivity index (χ2n) is 8.11. The average molecular weight is 574 g/mol. The van der Waals surface area contributed by atoms with Gasteiger partial charge in [-0.1, -0.05) is 6.07 Å². The molecule has 4 rings (SSSR count). The van der Waals surface area contributed by atoms with Crippen molar-refractivity contribution in [1.29, 1.82) is 0 Å². The zero-order valence-corrected chi connectivity index (χ0v) is 20.7. The van der Waals surface area contributed by atoms with Gasteiger partial charge in [-0.25, -0.2) is 14.6 Å². The van der Waals surface area contributed by atoms with Gasteiger partial charge in [0.05, 0.1) is 29.1 Å². The third-order valence-corrected chi connectivity index (χ3v) is 6.09. The first-order valence-corrected chi connectivity index (χ1v) is 11.9. The molecule has 2 fully saturated rings. The highest BCUT2D eigenvalue weighted by Gasteiger charge is 2.44. The van der Waals surface area contributed by atoms with Gasteiger partial charge in [-0.05, 0) is 31.9 Å². The Morgan fingerprint density at radius 1 is 1.13 bits per heavy atom. The number of ether oxygens (including phenoxy) is 2. The molecule has 2 aromatic heterocycles. The van der Waals surface area contributed by atoms with Crippen LogP contribution in [0.2, 0.25) is 0 Å². The number of thiazole rings is 1. The van der Waals surface area contributed by atoms with E-state index in [4.69, 9.17) is 29.3 Å². The highest BCUT2D eigenvalue weighted by Crippen LogP contribution is 2.32. The number of aromatic nitrogens is 2. The molecule has 2 aliphatic heterocycles. The van der Waals surface area contributed by atoms with Gasteiger partial charge >= 0.3 is 24.3 Å². The fraction of sp³-hybridized carbons (Fsp3) is 0.545. The number of carboxylic acids is 2. The lowest BCUT2D eigenvalue weighted by Gasteiger charge is -2.32. The molecule has 0 spiro atoms. The van der Waals surface area contributed by atoms with Crippen molar-refractivity contribution >= 4 is 23.3 Å². The molecule has 0 bridgehead atoms. The van der Waals surface area contributed by atoms with Gasteiger partial charge in [-0.15, -0.1) is 11.3 Å². The predicted octanol–water partition coefficient (Wildman–Crippen LogP) is 4.06. The van der Waals surface area contributed by atoms with Crippen LogP contribution in [0.15, 0.2) is 29.8 Å². The number of halogens is 6. The van der Waals surface area contributed by atoms with Crippen LogP contribution in [0.4, 0.5) is 26.3 Å². The number of aliphatic carboxylic acids is 2. The highest BCUT2D eigenvalue weighted by atomic mass is 32.1. The molecular formula is C22H25F6N3O6S. The summed E-state index contributed by atoms with van der Waals surface area (Å²) in [6.07, 6.45) is -5.73. The van der Waals surface area contributed by atoms with E-state index in [2.05, 4.69) is 26.3 Å². The number of rotatable bonds is 5. The van der Waals surface area contributed by atoms with Crippen LogP contribution in [0, 0.1) is 6.92 Å². The first-order chi connectivity index (χ1) is 17.7. The molecule has 0 amide bonds. The summed E-state index contributed by atoms with van der Waals surface area (Å²) in [5, 5.41) is 17.4. The molecule has 0 radical (unpaired) electrons. The molecule has 212 valence electrons. The van der Waals surface area contributed by atoms with Crippen molar-refractivity contribution in [3.63, 3.8) is 0 Å². The number of carboxylic acid groups (broad SMARTS) is 2. The van der Waals surface area contributed by atoms with E-state index >= 15 is 0 Å². The number of aryl methyl sites for hydroxylation is 1. The largest absolute Gasteiger partial charge is 0.490 e. The number of alkyl halides is 6. The summed E-state index contributed by atoms with van der Waals surface area (Å²) in [6, 6.07) is 6.53. The number of carbonyl (C=O) groups is 2. The lowest BCUT2D eigenvalue weighted by molar-refractivity contribution is -0.193. The van der Waals surface area contributed by atoms with E-state index in [1.165, 1.54) is 6.42 Å². The van der Waals surface area contributed by atoms with E-state index in [0.29, 0.717) is 12.6 Å². The molecule has 2 saturated heterocycles. The number of fused-ring (bicyclic) bond motifs is 1. The maximum absolute atomic E-state index is 10.6. The minimum Gasteiger partial charge on any atom is -0.475 e. The molecule has 16 heteroatoms. The number of nitrogens with zero attached hydrogens (tertiary/aromatic N) is 3. The Balaban J connectivity index is 0.000000301. The predicted molar refractivity (Wildman–Crippen MR) is 120 cm³/mol. The Morgan fingerprint density at radius 2 is 1.76 bits per heavy atom. The molecule has 2 aliphatic rings. The van der Waals surface area contributed by atoms with Crippen LogP contribution in [0.1, 0.15) is 29.2 Å². The van der Waals surface area contributed by atoms with Crippen molar-refractivity contribution in [2.45, 2.75) is 63.5 Å². The molecule has 0 unspecified atom stereocenters. The van der Waals surface area contributed by atoms with Crippen LogP contribution in [0.5, 0.6) is 0 Å². The summed E-state index contributed by atoms with van der Waals surface area (Å²) in [7, 11) is 0. The van der Waals surface area contributed by atoms with Crippen LogP contribution >= 0.6 is 11.3 Å². The first kappa shape index (κ1) is 31.4. The molecular weight excluding hydrogens is 548 g/mol. The summed E-state index contributed by atoms with van der Waals surface area (Å²) >= 11 is 1.67. The van der Waals surface area contributed by atoms with Gasteiger partial charge in [-0.2, -0.15) is 26.3 Å². The SMILES string of the molecule is Cc1nc(CO[C@H]2CN(Cc3ccccn3)[C@@H]3CCCO[C@H]23)cs1.O=C(O)C(F)(F)F.O=C(O)C(F)(F)F. The lowest BCUT2D eigenvalue weighted by Crippen LogP contribution is -2.41. The summed E-state index contributed by atoms with van der Waals surface area (Å²) in [6.45, 7) is 5.20. The lowest BCUT2D eigenvalue weighted by atomic mass is 10.0. The van der Waals surface area contributed by atoms with Crippen LogP contribution in [-0.4, -0.2) is 80.8 Å². The maximum Gasteiger partial charge on any atom is 0.490 e. The van der Waals surface area contributed by atoms with Crippen LogP contribution in [0.25, 0.3) is 0 Å². The second-order valence-corrected chi connectivity index (χ2v) is 9.17. The third-order valence-electron chi connectivity index (χ3n) is 5.27. The van der Waals surface area contributed by atoms with E-state index in [-0.39, 0.29) is 12.2 Å². The van der Waals surface area contributed by atoms with Gasteiger partial charge in [0.1, 0.15) is 6.10 Å². The minimum atomic E-state index is -5.08. The van der Waals surface area contributed by atoms with Gasteiger partial charge in [0.25, 0.3) is 0 Å². The molecule has 0 aromatic carbocycles. The summed E-state index contributed by atoms with van der Waals surface area (Å²) in [5.41, 5.74) is 2.13. The zero-order chi connectivity index (χ0) is 28.5. The Kier molecular flexibility index (Phi) is 11.4. The van der Waals surface area contributed by atoms with Gasteiger partial charge in [0.2, 0.25) is 0 Å². The molecule has 9 nitrogen and oxygen atoms in total. The van der Waals surface area contributed by atoms with Gasteiger partial charge in [0.15, 0.2) is 0 Å². The Hall–Kier alpha value is -2.82. The van der Waals surface area contributed by atoms with Gasteiger partial charge in [0, 0.05) is 37.3 Å². The minimum absolute atomic E-state index is 0.112.